The van der Waals surface area contributed by atoms with Gasteiger partial charge < -0.3 is 15.5 Å². The summed E-state index contributed by atoms with van der Waals surface area (Å²) in [6.45, 7) is 7.15. The van der Waals surface area contributed by atoms with Crippen molar-refractivity contribution >= 4 is 11.9 Å². The van der Waals surface area contributed by atoms with E-state index < -0.39 is 24.0 Å². The van der Waals surface area contributed by atoms with Gasteiger partial charge in [-0.15, -0.1) is 6.58 Å². The topological polar surface area (TPSA) is 86.6 Å². The summed E-state index contributed by atoms with van der Waals surface area (Å²) in [6.07, 6.45) is 0.696. The van der Waals surface area contributed by atoms with E-state index in [9.17, 15) is 14.7 Å². The molecule has 0 aliphatic rings. The van der Waals surface area contributed by atoms with Crippen LogP contribution in [0.2, 0.25) is 0 Å². The molecule has 16 heavy (non-hydrogen) atoms. The van der Waals surface area contributed by atoms with E-state index in [-0.39, 0.29) is 12.3 Å². The number of amides is 1. The van der Waals surface area contributed by atoms with Gasteiger partial charge in [-0.25, -0.2) is 4.79 Å². The number of hydrogen-bond acceptors (Lipinski definition) is 3. The number of aliphatic hydroxyl groups excluding tert-OH is 1. The Bertz CT molecular complexity index is 263. The Morgan fingerprint density at radius 1 is 1.44 bits per heavy atom. The van der Waals surface area contributed by atoms with Crippen LogP contribution in [-0.2, 0) is 9.59 Å². The van der Waals surface area contributed by atoms with Crippen LogP contribution in [0.4, 0.5) is 0 Å². The molecular weight excluding hydrogens is 210 g/mol. The second kappa shape index (κ2) is 7.00. The minimum absolute atomic E-state index is 0.134. The van der Waals surface area contributed by atoms with Gasteiger partial charge in [-0.1, -0.05) is 19.9 Å². The zero-order valence-corrected chi connectivity index (χ0v) is 9.64. The lowest BCUT2D eigenvalue weighted by molar-refractivity contribution is -0.143. The Morgan fingerprint density at radius 3 is 2.38 bits per heavy atom. The summed E-state index contributed by atoms with van der Waals surface area (Å²) < 4.78 is 0. The highest BCUT2D eigenvalue weighted by Gasteiger charge is 2.23. The van der Waals surface area contributed by atoms with Crippen LogP contribution in [0, 0.1) is 5.92 Å². The van der Waals surface area contributed by atoms with Crippen molar-refractivity contribution in [1.82, 2.24) is 5.32 Å². The van der Waals surface area contributed by atoms with E-state index in [0.717, 1.165) is 0 Å². The fourth-order valence-corrected chi connectivity index (χ4v) is 1.21. The first kappa shape index (κ1) is 14.6. The monoisotopic (exact) mass is 229 g/mol. The number of aliphatic hydroxyl groups is 1. The molecule has 0 fully saturated rings. The van der Waals surface area contributed by atoms with E-state index in [1.807, 2.05) is 13.8 Å². The number of carbonyl (C=O) groups excluding carboxylic acids is 1. The van der Waals surface area contributed by atoms with Crippen molar-refractivity contribution in [1.29, 1.82) is 0 Å². The molecule has 0 aromatic carbocycles. The lowest BCUT2D eigenvalue weighted by Crippen LogP contribution is -2.45. The van der Waals surface area contributed by atoms with Crippen molar-refractivity contribution in [3.8, 4) is 0 Å². The zero-order valence-electron chi connectivity index (χ0n) is 9.64. The molecule has 3 N–H and O–H groups in total. The van der Waals surface area contributed by atoms with Crippen LogP contribution in [0.1, 0.15) is 26.7 Å². The maximum Gasteiger partial charge on any atom is 0.326 e. The van der Waals surface area contributed by atoms with Crippen molar-refractivity contribution in [3.63, 3.8) is 0 Å². The number of hydrogen-bond donors (Lipinski definition) is 3. The van der Waals surface area contributed by atoms with Crippen molar-refractivity contribution < 1.29 is 19.8 Å². The molecule has 0 heterocycles. The van der Waals surface area contributed by atoms with Crippen LogP contribution < -0.4 is 5.32 Å². The standard InChI is InChI=1S/C11H19NO4/c1-4-5-8(11(15)16)12-10(14)9(13)6-7(2)3/h4,7-9,13H,1,5-6H2,2-3H3,(H,12,14)(H,15,16)/t8-,9+/m0/s1. The van der Waals surface area contributed by atoms with Gasteiger partial charge in [-0.2, -0.15) is 0 Å². The van der Waals surface area contributed by atoms with Crippen LogP contribution in [-0.4, -0.2) is 34.2 Å². The molecule has 0 saturated carbocycles. The third-order valence-electron chi connectivity index (χ3n) is 2.01. The number of nitrogens with one attached hydrogen (secondary N) is 1. The molecule has 0 bridgehead atoms. The van der Waals surface area contributed by atoms with Crippen molar-refractivity contribution in [2.24, 2.45) is 5.92 Å². The molecule has 0 unspecified atom stereocenters. The largest absolute Gasteiger partial charge is 0.480 e. The first-order valence-electron chi connectivity index (χ1n) is 5.20. The summed E-state index contributed by atoms with van der Waals surface area (Å²) in [6, 6.07) is -1.02. The van der Waals surface area contributed by atoms with Gasteiger partial charge in [0.15, 0.2) is 0 Å². The molecule has 1 amide bonds. The van der Waals surface area contributed by atoms with Crippen LogP contribution in [0.25, 0.3) is 0 Å². The fraction of sp³-hybridized carbons (Fsp3) is 0.636. The summed E-state index contributed by atoms with van der Waals surface area (Å²) in [5, 5.41) is 20.5. The normalized spacial score (nSPS) is 14.2. The minimum atomic E-state index is -1.16. The van der Waals surface area contributed by atoms with Gasteiger partial charge >= 0.3 is 5.97 Å². The second-order valence-electron chi connectivity index (χ2n) is 4.07. The van der Waals surface area contributed by atoms with Gasteiger partial charge in [0.1, 0.15) is 12.1 Å². The smallest absolute Gasteiger partial charge is 0.326 e. The van der Waals surface area contributed by atoms with E-state index in [2.05, 4.69) is 11.9 Å². The van der Waals surface area contributed by atoms with Gasteiger partial charge in [0, 0.05) is 0 Å². The van der Waals surface area contributed by atoms with Gasteiger partial charge in [0.2, 0.25) is 5.91 Å². The highest BCUT2D eigenvalue weighted by molar-refractivity contribution is 5.86. The summed E-state index contributed by atoms with van der Waals surface area (Å²) in [7, 11) is 0. The lowest BCUT2D eigenvalue weighted by atomic mass is 10.1. The molecule has 5 heteroatoms. The molecule has 0 aliphatic heterocycles. The third-order valence-corrected chi connectivity index (χ3v) is 2.01. The van der Waals surface area contributed by atoms with Gasteiger partial charge in [0.05, 0.1) is 0 Å². The molecular formula is C11H19NO4. The molecule has 0 aromatic rings. The molecule has 0 spiro atoms. The first-order valence-corrected chi connectivity index (χ1v) is 5.20. The molecule has 92 valence electrons. The highest BCUT2D eigenvalue weighted by atomic mass is 16.4. The number of carbonyl (C=O) groups is 2. The van der Waals surface area contributed by atoms with Gasteiger partial charge in [-0.3, -0.25) is 4.79 Å². The van der Waals surface area contributed by atoms with E-state index in [4.69, 9.17) is 5.11 Å². The Hall–Kier alpha value is -1.36. The Labute approximate surface area is 95.2 Å². The van der Waals surface area contributed by atoms with Gasteiger partial charge in [-0.05, 0) is 18.8 Å². The molecule has 0 radical (unpaired) electrons. The molecule has 0 aromatic heterocycles. The molecule has 0 saturated heterocycles. The maximum atomic E-state index is 11.4. The molecule has 0 rings (SSSR count). The number of aliphatic carboxylic acids is 1. The average molecular weight is 229 g/mol. The van der Waals surface area contributed by atoms with E-state index in [0.29, 0.717) is 6.42 Å². The Kier molecular flexibility index (Phi) is 6.41. The first-order chi connectivity index (χ1) is 7.38. The third kappa shape index (κ3) is 5.50. The lowest BCUT2D eigenvalue weighted by Gasteiger charge is -2.17. The average Bonchev–Trinajstić information content (AvgIpc) is 2.15. The van der Waals surface area contributed by atoms with Crippen molar-refractivity contribution in [3.05, 3.63) is 12.7 Å². The van der Waals surface area contributed by atoms with Gasteiger partial charge in [0.25, 0.3) is 0 Å². The Morgan fingerprint density at radius 2 is 2.00 bits per heavy atom. The summed E-state index contributed by atoms with van der Waals surface area (Å²) in [5.41, 5.74) is 0. The van der Waals surface area contributed by atoms with Crippen molar-refractivity contribution in [2.75, 3.05) is 0 Å². The molecule has 2 atom stereocenters. The summed E-state index contributed by atoms with van der Waals surface area (Å²) in [4.78, 5) is 22.1. The van der Waals surface area contributed by atoms with Crippen LogP contribution in [0.3, 0.4) is 0 Å². The SMILES string of the molecule is C=CC[C@H](NC(=O)[C@H](O)CC(C)C)C(=O)O. The molecule has 0 aliphatic carbocycles. The van der Waals surface area contributed by atoms with E-state index >= 15 is 0 Å². The van der Waals surface area contributed by atoms with E-state index in [1.165, 1.54) is 6.08 Å². The number of carboxylic acids is 1. The van der Waals surface area contributed by atoms with Crippen molar-refractivity contribution in [2.45, 2.75) is 38.8 Å². The predicted molar refractivity (Wildman–Crippen MR) is 59.8 cm³/mol. The zero-order chi connectivity index (χ0) is 12.7. The van der Waals surface area contributed by atoms with Crippen LogP contribution >= 0.6 is 0 Å². The highest BCUT2D eigenvalue weighted by Crippen LogP contribution is 2.05. The number of carboxylic acid groups (broad SMARTS) is 1. The number of rotatable bonds is 7. The van der Waals surface area contributed by atoms with Crippen LogP contribution in [0.15, 0.2) is 12.7 Å². The fourth-order valence-electron chi connectivity index (χ4n) is 1.21. The predicted octanol–water partition coefficient (Wildman–Crippen LogP) is 0.539. The summed E-state index contributed by atoms with van der Waals surface area (Å²) >= 11 is 0. The Balaban J connectivity index is 4.28. The van der Waals surface area contributed by atoms with Crippen LogP contribution in [0.5, 0.6) is 0 Å². The second-order valence-corrected chi connectivity index (χ2v) is 4.07. The maximum absolute atomic E-state index is 11.4. The molecule has 5 nitrogen and oxygen atoms in total. The summed E-state index contributed by atoms with van der Waals surface area (Å²) in [5.74, 6) is -1.61. The quantitative estimate of drug-likeness (QED) is 0.556. The minimum Gasteiger partial charge on any atom is -0.480 e. The van der Waals surface area contributed by atoms with E-state index in [1.54, 1.807) is 0 Å².